The van der Waals surface area contributed by atoms with Gasteiger partial charge in [0.05, 0.1) is 0 Å². The molecule has 0 radical (unpaired) electrons. The van der Waals surface area contributed by atoms with Crippen molar-refractivity contribution < 1.29 is 4.79 Å². The molecular weight excluding hydrogens is 260 g/mol. The zero-order valence-corrected chi connectivity index (χ0v) is 13.1. The molecule has 2 aliphatic rings. The first-order chi connectivity index (χ1) is 10.2. The van der Waals surface area contributed by atoms with E-state index in [1.165, 1.54) is 25.7 Å². The summed E-state index contributed by atoms with van der Waals surface area (Å²) in [5.74, 6) is 2.58. The average Bonchev–Trinajstić information content (AvgIpc) is 3.35. The number of rotatable bonds is 7. The van der Waals surface area contributed by atoms with Crippen molar-refractivity contribution in [3.05, 3.63) is 29.3 Å². The van der Waals surface area contributed by atoms with E-state index < -0.39 is 0 Å². The molecule has 0 unspecified atom stereocenters. The third kappa shape index (κ3) is 3.58. The Morgan fingerprint density at radius 3 is 2.43 bits per heavy atom. The molecule has 0 spiro atoms. The molecule has 21 heavy (non-hydrogen) atoms. The maximum absolute atomic E-state index is 12.3. The van der Waals surface area contributed by atoms with Crippen molar-refractivity contribution >= 4 is 11.6 Å². The summed E-state index contributed by atoms with van der Waals surface area (Å²) < 4.78 is 0. The Kier molecular flexibility index (Phi) is 4.18. The lowest BCUT2D eigenvalue weighted by molar-refractivity contribution is 0.0943. The van der Waals surface area contributed by atoms with Crippen LogP contribution >= 0.6 is 0 Å². The first kappa shape index (κ1) is 14.4. The van der Waals surface area contributed by atoms with Gasteiger partial charge in [-0.1, -0.05) is 0 Å². The molecule has 1 aromatic carbocycles. The Hall–Kier alpha value is -1.51. The van der Waals surface area contributed by atoms with Crippen LogP contribution in [0.15, 0.2) is 18.2 Å². The predicted octanol–water partition coefficient (Wildman–Crippen LogP) is 3.59. The number of aryl methyl sites for hydroxylation is 1. The molecule has 2 saturated carbocycles. The van der Waals surface area contributed by atoms with Crippen LogP contribution in [0.1, 0.15) is 48.5 Å². The molecule has 0 heterocycles. The number of anilines is 1. The predicted molar refractivity (Wildman–Crippen MR) is 86.6 cm³/mol. The van der Waals surface area contributed by atoms with E-state index >= 15 is 0 Å². The second-order valence-corrected chi connectivity index (χ2v) is 6.61. The van der Waals surface area contributed by atoms with Gasteiger partial charge in [-0.3, -0.25) is 4.79 Å². The Morgan fingerprint density at radius 2 is 1.90 bits per heavy atom. The van der Waals surface area contributed by atoms with Gasteiger partial charge in [-0.2, -0.15) is 0 Å². The number of carbonyl (C=O) groups is 1. The lowest BCUT2D eigenvalue weighted by atomic mass is 9.98. The van der Waals surface area contributed by atoms with E-state index in [-0.39, 0.29) is 5.91 Å². The Balaban J connectivity index is 1.58. The van der Waals surface area contributed by atoms with Crippen molar-refractivity contribution in [2.75, 3.05) is 18.4 Å². The van der Waals surface area contributed by atoms with E-state index in [1.54, 1.807) is 0 Å². The van der Waals surface area contributed by atoms with E-state index in [4.69, 9.17) is 0 Å². The Labute approximate surface area is 127 Å². The molecule has 0 bridgehead atoms. The van der Waals surface area contributed by atoms with Crippen LogP contribution in [0.4, 0.5) is 5.69 Å². The van der Waals surface area contributed by atoms with Crippen LogP contribution < -0.4 is 10.6 Å². The molecule has 1 aromatic rings. The molecule has 1 amide bonds. The third-order valence-corrected chi connectivity index (χ3v) is 4.81. The zero-order valence-electron chi connectivity index (χ0n) is 13.1. The number of amides is 1. The molecule has 0 aromatic heterocycles. The molecule has 3 nitrogen and oxygen atoms in total. The molecule has 2 fully saturated rings. The van der Waals surface area contributed by atoms with Crippen molar-refractivity contribution in [1.82, 2.24) is 5.32 Å². The number of benzene rings is 1. The van der Waals surface area contributed by atoms with Crippen LogP contribution in [0.2, 0.25) is 0 Å². The van der Waals surface area contributed by atoms with Crippen LogP contribution in [0.3, 0.4) is 0 Å². The van der Waals surface area contributed by atoms with Crippen molar-refractivity contribution in [3.63, 3.8) is 0 Å². The first-order valence-electron chi connectivity index (χ1n) is 8.31. The van der Waals surface area contributed by atoms with Gasteiger partial charge in [-0.15, -0.1) is 0 Å². The SMILES string of the molecule is CCNc1ccc(C(=O)NCC(C2CC2)C2CC2)cc1C. The smallest absolute Gasteiger partial charge is 0.251 e. The summed E-state index contributed by atoms with van der Waals surface area (Å²) in [5, 5.41) is 6.47. The highest BCUT2D eigenvalue weighted by Crippen LogP contribution is 2.48. The lowest BCUT2D eigenvalue weighted by Gasteiger charge is -2.16. The fraction of sp³-hybridized carbons (Fsp3) is 0.611. The van der Waals surface area contributed by atoms with E-state index in [9.17, 15) is 4.79 Å². The van der Waals surface area contributed by atoms with Gasteiger partial charge in [0.25, 0.3) is 5.91 Å². The largest absolute Gasteiger partial charge is 0.385 e. The number of hydrogen-bond acceptors (Lipinski definition) is 2. The van der Waals surface area contributed by atoms with E-state index in [2.05, 4.69) is 17.6 Å². The molecular formula is C18H26N2O. The lowest BCUT2D eigenvalue weighted by Crippen LogP contribution is -2.31. The monoisotopic (exact) mass is 286 g/mol. The molecule has 3 rings (SSSR count). The topological polar surface area (TPSA) is 41.1 Å². The van der Waals surface area contributed by atoms with Gasteiger partial charge in [0.1, 0.15) is 0 Å². The van der Waals surface area contributed by atoms with Crippen molar-refractivity contribution in [1.29, 1.82) is 0 Å². The normalized spacial score (nSPS) is 17.9. The summed E-state index contributed by atoms with van der Waals surface area (Å²) in [5.41, 5.74) is 3.02. The van der Waals surface area contributed by atoms with Gasteiger partial charge in [0.15, 0.2) is 0 Å². The van der Waals surface area contributed by atoms with Crippen LogP contribution in [0.25, 0.3) is 0 Å². The number of hydrogen-bond donors (Lipinski definition) is 2. The van der Waals surface area contributed by atoms with E-state index in [0.717, 1.165) is 47.7 Å². The second kappa shape index (κ2) is 6.08. The maximum atomic E-state index is 12.3. The second-order valence-electron chi connectivity index (χ2n) is 6.61. The van der Waals surface area contributed by atoms with Crippen LogP contribution in [-0.2, 0) is 0 Å². The minimum absolute atomic E-state index is 0.0763. The summed E-state index contributed by atoms with van der Waals surface area (Å²) in [6.07, 6.45) is 5.47. The molecule has 3 heteroatoms. The van der Waals surface area contributed by atoms with Crippen LogP contribution in [-0.4, -0.2) is 19.0 Å². The molecule has 2 aliphatic carbocycles. The zero-order chi connectivity index (χ0) is 14.8. The molecule has 114 valence electrons. The van der Waals surface area contributed by atoms with E-state index in [0.29, 0.717) is 0 Å². The number of nitrogens with one attached hydrogen (secondary N) is 2. The van der Waals surface area contributed by atoms with Crippen LogP contribution in [0, 0.1) is 24.7 Å². The minimum Gasteiger partial charge on any atom is -0.385 e. The molecule has 0 saturated heterocycles. The number of carbonyl (C=O) groups excluding carboxylic acids is 1. The van der Waals surface area contributed by atoms with Gasteiger partial charge < -0.3 is 10.6 Å². The minimum atomic E-state index is 0.0763. The van der Waals surface area contributed by atoms with Crippen molar-refractivity contribution in [3.8, 4) is 0 Å². The van der Waals surface area contributed by atoms with Crippen LogP contribution in [0.5, 0.6) is 0 Å². The van der Waals surface area contributed by atoms with Gasteiger partial charge in [-0.25, -0.2) is 0 Å². The summed E-state index contributed by atoms with van der Waals surface area (Å²) in [7, 11) is 0. The first-order valence-corrected chi connectivity index (χ1v) is 8.31. The van der Waals surface area contributed by atoms with Crippen molar-refractivity contribution in [2.24, 2.45) is 17.8 Å². The fourth-order valence-electron chi connectivity index (χ4n) is 3.27. The molecule has 0 atom stereocenters. The highest BCUT2D eigenvalue weighted by molar-refractivity contribution is 5.94. The standard InChI is InChI=1S/C18H26N2O/c1-3-19-17-9-8-15(10-12(17)2)18(21)20-11-16(13-4-5-13)14-6-7-14/h8-10,13-14,16,19H,3-7,11H2,1-2H3,(H,20,21). The average molecular weight is 286 g/mol. The quantitative estimate of drug-likeness (QED) is 0.804. The summed E-state index contributed by atoms with van der Waals surface area (Å²) >= 11 is 0. The molecule has 2 N–H and O–H groups in total. The maximum Gasteiger partial charge on any atom is 0.251 e. The Bertz CT molecular complexity index is 506. The van der Waals surface area contributed by atoms with Gasteiger partial charge >= 0.3 is 0 Å². The fourth-order valence-corrected chi connectivity index (χ4v) is 3.27. The molecule has 0 aliphatic heterocycles. The summed E-state index contributed by atoms with van der Waals surface area (Å²) in [6, 6.07) is 5.91. The summed E-state index contributed by atoms with van der Waals surface area (Å²) in [4.78, 5) is 12.3. The highest BCUT2D eigenvalue weighted by Gasteiger charge is 2.41. The van der Waals surface area contributed by atoms with Gasteiger partial charge in [-0.05, 0) is 81.0 Å². The highest BCUT2D eigenvalue weighted by atomic mass is 16.1. The summed E-state index contributed by atoms with van der Waals surface area (Å²) in [6.45, 7) is 5.89. The van der Waals surface area contributed by atoms with Gasteiger partial charge in [0, 0.05) is 24.3 Å². The van der Waals surface area contributed by atoms with Gasteiger partial charge in [0.2, 0.25) is 0 Å². The van der Waals surface area contributed by atoms with E-state index in [1.807, 2.05) is 25.1 Å². The third-order valence-electron chi connectivity index (χ3n) is 4.81. The van der Waals surface area contributed by atoms with Crippen molar-refractivity contribution in [2.45, 2.75) is 39.5 Å². The Morgan fingerprint density at radius 1 is 1.24 bits per heavy atom.